The minimum atomic E-state index is -0.489. The van der Waals surface area contributed by atoms with E-state index in [0.717, 1.165) is 43.4 Å². The van der Waals surface area contributed by atoms with Gasteiger partial charge < -0.3 is 47.3 Å². The van der Waals surface area contributed by atoms with E-state index in [-0.39, 0.29) is 29.2 Å². The molecule has 0 bridgehead atoms. The van der Waals surface area contributed by atoms with E-state index in [9.17, 15) is 9.59 Å². The number of alkyl carbamates (subject to hydrolysis) is 2. The summed E-state index contributed by atoms with van der Waals surface area (Å²) in [5.74, 6) is 0. The van der Waals surface area contributed by atoms with E-state index in [1.54, 1.807) is 0 Å². The van der Waals surface area contributed by atoms with Crippen LogP contribution in [0.3, 0.4) is 0 Å². The first-order chi connectivity index (χ1) is 12.8. The third kappa shape index (κ3) is 18.7. The molecule has 0 aliphatic rings. The van der Waals surface area contributed by atoms with Gasteiger partial charge in [0.05, 0.1) is 26.7 Å². The third-order valence-electron chi connectivity index (χ3n) is 3.99. The monoisotopic (exact) mass is 482 g/mol. The zero-order valence-corrected chi connectivity index (χ0v) is 21.0. The average molecular weight is 483 g/mol. The molecule has 4 N–H and O–H groups in total. The number of hydrogen-bond donors (Lipinski definition) is 3. The highest BCUT2D eigenvalue weighted by molar-refractivity contribution is 5.67. The Morgan fingerprint density at radius 2 is 1.14 bits per heavy atom. The van der Waals surface area contributed by atoms with Crippen LogP contribution in [0.1, 0.15) is 60.8 Å². The van der Waals surface area contributed by atoms with Crippen LogP contribution in [-0.2, 0) is 9.47 Å². The standard InChI is InChI=1S/C20H42N4O4.BrH/c1-19(2,3)27-17(25)22-12-9-15-24(7,14-8-11-21)16-10-13-23-18(26)28-20(4,5)6;/h8-16,21H2,1-7H3,(H-,22,23,25,26);1H. The molecule has 0 unspecified atom stereocenters. The van der Waals surface area contributed by atoms with Gasteiger partial charge >= 0.3 is 12.2 Å². The van der Waals surface area contributed by atoms with Gasteiger partial charge in [0, 0.05) is 32.4 Å². The second kappa shape index (κ2) is 14.0. The van der Waals surface area contributed by atoms with Crippen molar-refractivity contribution in [1.29, 1.82) is 0 Å². The van der Waals surface area contributed by atoms with Gasteiger partial charge in [-0.05, 0) is 48.1 Å². The van der Waals surface area contributed by atoms with Gasteiger partial charge in [-0.15, -0.1) is 0 Å². The van der Waals surface area contributed by atoms with E-state index >= 15 is 0 Å². The minimum Gasteiger partial charge on any atom is -1.00 e. The highest BCUT2D eigenvalue weighted by atomic mass is 79.9. The number of carbonyl (C=O) groups is 2. The van der Waals surface area contributed by atoms with Gasteiger partial charge in [-0.25, -0.2) is 9.59 Å². The Morgan fingerprint density at radius 3 is 1.45 bits per heavy atom. The fourth-order valence-corrected chi connectivity index (χ4v) is 2.74. The second-order valence-corrected chi connectivity index (χ2v) is 9.50. The van der Waals surface area contributed by atoms with Crippen molar-refractivity contribution < 1.29 is 40.5 Å². The van der Waals surface area contributed by atoms with Crippen LogP contribution in [0.5, 0.6) is 0 Å². The molecule has 8 nitrogen and oxygen atoms in total. The molecule has 0 aliphatic carbocycles. The average Bonchev–Trinajstić information content (AvgIpc) is 2.51. The van der Waals surface area contributed by atoms with Gasteiger partial charge in [0.2, 0.25) is 0 Å². The van der Waals surface area contributed by atoms with Crippen LogP contribution in [0.4, 0.5) is 9.59 Å². The molecule has 0 aliphatic heterocycles. The molecule has 2 amide bonds. The fraction of sp³-hybridized carbons (Fsp3) is 0.900. The summed E-state index contributed by atoms with van der Waals surface area (Å²) in [5.41, 5.74) is 4.71. The number of nitrogens with two attached hydrogens (primary N) is 1. The Bertz CT molecular complexity index is 440. The number of hydrogen-bond acceptors (Lipinski definition) is 5. The number of nitrogens with one attached hydrogen (secondary N) is 2. The first-order valence-corrected chi connectivity index (χ1v) is 10.2. The lowest BCUT2D eigenvalue weighted by Gasteiger charge is -2.35. The van der Waals surface area contributed by atoms with Crippen LogP contribution < -0.4 is 33.3 Å². The van der Waals surface area contributed by atoms with Crippen LogP contribution in [-0.4, -0.2) is 74.2 Å². The Labute approximate surface area is 187 Å². The van der Waals surface area contributed by atoms with Crippen LogP contribution in [0, 0.1) is 0 Å². The lowest BCUT2D eigenvalue weighted by atomic mass is 10.2. The zero-order valence-electron chi connectivity index (χ0n) is 19.4. The molecule has 0 atom stereocenters. The molecule has 9 heteroatoms. The summed E-state index contributed by atoms with van der Waals surface area (Å²) in [4.78, 5) is 23.4. The quantitative estimate of drug-likeness (QED) is 0.275. The molecular weight excluding hydrogens is 440 g/mol. The number of rotatable bonds is 11. The van der Waals surface area contributed by atoms with Crippen LogP contribution >= 0.6 is 0 Å². The van der Waals surface area contributed by atoms with Gasteiger partial charge in [-0.1, -0.05) is 0 Å². The molecule has 0 heterocycles. The number of halogens is 1. The van der Waals surface area contributed by atoms with Crippen molar-refractivity contribution in [3.63, 3.8) is 0 Å². The minimum absolute atomic E-state index is 0. The molecule has 0 saturated heterocycles. The number of quaternary nitrogens is 1. The molecule has 0 aromatic carbocycles. The van der Waals surface area contributed by atoms with Crippen molar-refractivity contribution in [2.45, 2.75) is 72.0 Å². The van der Waals surface area contributed by atoms with E-state index in [1.165, 1.54) is 0 Å². The molecule has 0 radical (unpaired) electrons. The Balaban J connectivity index is 0. The summed E-state index contributed by atoms with van der Waals surface area (Å²) >= 11 is 0. The van der Waals surface area contributed by atoms with Gasteiger partial charge in [-0.3, -0.25) is 0 Å². The zero-order chi connectivity index (χ0) is 21.8. The maximum atomic E-state index is 11.7. The van der Waals surface area contributed by atoms with E-state index < -0.39 is 11.2 Å². The van der Waals surface area contributed by atoms with Crippen LogP contribution in [0.2, 0.25) is 0 Å². The first kappa shape index (κ1) is 30.1. The lowest BCUT2D eigenvalue weighted by molar-refractivity contribution is -0.909. The normalized spacial score (nSPS) is 12.0. The third-order valence-corrected chi connectivity index (χ3v) is 3.99. The van der Waals surface area contributed by atoms with Crippen molar-refractivity contribution in [3.8, 4) is 0 Å². The van der Waals surface area contributed by atoms with Crippen molar-refractivity contribution in [1.82, 2.24) is 10.6 Å². The van der Waals surface area contributed by atoms with E-state index in [1.807, 2.05) is 41.5 Å². The predicted molar refractivity (Wildman–Crippen MR) is 112 cm³/mol. The van der Waals surface area contributed by atoms with Crippen molar-refractivity contribution in [3.05, 3.63) is 0 Å². The molecule has 0 rings (SSSR count). The van der Waals surface area contributed by atoms with E-state index in [0.29, 0.717) is 19.6 Å². The summed E-state index contributed by atoms with van der Waals surface area (Å²) in [7, 11) is 2.19. The summed E-state index contributed by atoms with van der Waals surface area (Å²) in [5, 5.41) is 5.60. The number of nitrogens with zero attached hydrogens (tertiary/aromatic N) is 1. The molecular formula is C20H43BrN4O4. The molecule has 0 fully saturated rings. The largest absolute Gasteiger partial charge is 1.00 e. The predicted octanol–water partition coefficient (Wildman–Crippen LogP) is -0.385. The molecule has 29 heavy (non-hydrogen) atoms. The van der Waals surface area contributed by atoms with Crippen LogP contribution in [0.15, 0.2) is 0 Å². The van der Waals surface area contributed by atoms with Gasteiger partial charge in [-0.2, -0.15) is 0 Å². The number of amides is 2. The molecule has 0 saturated carbocycles. The molecule has 0 aromatic rings. The smallest absolute Gasteiger partial charge is 0.407 e. The number of carbonyl (C=O) groups excluding carboxylic acids is 2. The first-order valence-electron chi connectivity index (χ1n) is 10.2. The maximum Gasteiger partial charge on any atom is 0.407 e. The van der Waals surface area contributed by atoms with Crippen LogP contribution in [0.25, 0.3) is 0 Å². The summed E-state index contributed by atoms with van der Waals surface area (Å²) in [6.07, 6.45) is 1.87. The molecule has 174 valence electrons. The molecule has 0 aromatic heterocycles. The SMILES string of the molecule is CC(C)(C)OC(=O)NCCC[N+](C)(CCCN)CCCNC(=O)OC(C)(C)C.[Br-]. The Hall–Kier alpha value is -1.06. The van der Waals surface area contributed by atoms with Crippen molar-refractivity contribution >= 4 is 12.2 Å². The van der Waals surface area contributed by atoms with E-state index in [2.05, 4.69) is 17.7 Å². The lowest BCUT2D eigenvalue weighted by Crippen LogP contribution is -3.00. The topological polar surface area (TPSA) is 103 Å². The molecule has 0 spiro atoms. The maximum absolute atomic E-state index is 11.7. The van der Waals surface area contributed by atoms with Gasteiger partial charge in [0.1, 0.15) is 11.2 Å². The summed E-state index contributed by atoms with van der Waals surface area (Å²) < 4.78 is 11.3. The second-order valence-electron chi connectivity index (χ2n) is 9.50. The Kier molecular flexibility index (Phi) is 14.6. The van der Waals surface area contributed by atoms with Crippen molar-refractivity contribution in [2.24, 2.45) is 5.73 Å². The fourth-order valence-electron chi connectivity index (χ4n) is 2.74. The van der Waals surface area contributed by atoms with Gasteiger partial charge in [0.15, 0.2) is 0 Å². The highest BCUT2D eigenvalue weighted by Gasteiger charge is 2.22. The highest BCUT2D eigenvalue weighted by Crippen LogP contribution is 2.09. The van der Waals surface area contributed by atoms with Gasteiger partial charge in [0.25, 0.3) is 0 Å². The summed E-state index contributed by atoms with van der Waals surface area (Å²) in [6.45, 7) is 15.7. The Morgan fingerprint density at radius 1 is 0.793 bits per heavy atom. The number of ether oxygens (including phenoxy) is 2. The van der Waals surface area contributed by atoms with E-state index in [4.69, 9.17) is 15.2 Å². The summed E-state index contributed by atoms with van der Waals surface area (Å²) in [6, 6.07) is 0. The van der Waals surface area contributed by atoms with Crippen molar-refractivity contribution in [2.75, 3.05) is 46.3 Å².